The van der Waals surface area contributed by atoms with Gasteiger partial charge in [0.05, 0.1) is 5.69 Å². The average molecular weight is 286 g/mol. The molecule has 2 amide bonds. The van der Waals surface area contributed by atoms with Crippen molar-refractivity contribution in [3.63, 3.8) is 0 Å². The summed E-state index contributed by atoms with van der Waals surface area (Å²) >= 11 is 0. The summed E-state index contributed by atoms with van der Waals surface area (Å²) in [5.41, 5.74) is 6.45. The fraction of sp³-hybridized carbons (Fsp3) is 0.333. The van der Waals surface area contributed by atoms with E-state index in [2.05, 4.69) is 10.6 Å². The van der Waals surface area contributed by atoms with Crippen molar-refractivity contribution in [2.45, 2.75) is 19.4 Å². The van der Waals surface area contributed by atoms with Gasteiger partial charge in [0.25, 0.3) is 5.91 Å². The van der Waals surface area contributed by atoms with Crippen LogP contribution in [-0.2, 0) is 9.59 Å². The smallest absolute Gasteiger partial charge is 0.265 e. The molecule has 0 fully saturated rings. The van der Waals surface area contributed by atoms with Crippen molar-refractivity contribution in [2.75, 3.05) is 17.2 Å². The summed E-state index contributed by atoms with van der Waals surface area (Å²) in [5.74, 6) is 0.237. The van der Waals surface area contributed by atoms with E-state index < -0.39 is 6.10 Å². The lowest BCUT2D eigenvalue weighted by Crippen LogP contribution is -2.34. The highest BCUT2D eigenvalue weighted by Crippen LogP contribution is 2.32. The van der Waals surface area contributed by atoms with Crippen molar-refractivity contribution in [2.24, 2.45) is 5.73 Å². The van der Waals surface area contributed by atoms with E-state index in [9.17, 15) is 9.59 Å². The Labute approximate surface area is 117 Å². The standard InChI is InChI=1S/C12H15N3O3.ClH/c1-7-12(17)15-9-6-8(2-3-10(9)18-7)14-11(16)4-5-13;/h2-3,6-7H,4-5,13H2,1H3,(H,14,16)(H,15,17);1H. The highest BCUT2D eigenvalue weighted by atomic mass is 35.5. The lowest BCUT2D eigenvalue weighted by molar-refractivity contribution is -0.122. The lowest BCUT2D eigenvalue weighted by atomic mass is 10.2. The number of nitrogens with one attached hydrogen (secondary N) is 2. The Balaban J connectivity index is 0.00000180. The Bertz CT molecular complexity index is 493. The van der Waals surface area contributed by atoms with Crippen molar-refractivity contribution in [1.29, 1.82) is 0 Å². The molecule has 0 spiro atoms. The first-order valence-corrected chi connectivity index (χ1v) is 5.71. The van der Waals surface area contributed by atoms with Crippen LogP contribution < -0.4 is 21.1 Å². The second kappa shape index (κ2) is 6.40. The van der Waals surface area contributed by atoms with Crippen molar-refractivity contribution >= 4 is 35.6 Å². The molecular weight excluding hydrogens is 270 g/mol. The molecule has 2 rings (SSSR count). The van der Waals surface area contributed by atoms with Crippen LogP contribution in [0.4, 0.5) is 11.4 Å². The maximum atomic E-state index is 11.5. The molecular formula is C12H16ClN3O3. The maximum absolute atomic E-state index is 11.5. The van der Waals surface area contributed by atoms with Crippen molar-refractivity contribution in [3.05, 3.63) is 18.2 Å². The molecule has 1 heterocycles. The number of anilines is 2. The molecule has 1 aliphatic heterocycles. The summed E-state index contributed by atoms with van der Waals surface area (Å²) in [5, 5.41) is 5.41. The number of carbonyl (C=O) groups is 2. The zero-order valence-electron chi connectivity index (χ0n) is 10.4. The zero-order chi connectivity index (χ0) is 13.1. The van der Waals surface area contributed by atoms with Gasteiger partial charge in [-0.3, -0.25) is 9.59 Å². The highest BCUT2D eigenvalue weighted by molar-refractivity contribution is 5.99. The monoisotopic (exact) mass is 285 g/mol. The van der Waals surface area contributed by atoms with E-state index in [4.69, 9.17) is 10.5 Å². The predicted molar refractivity (Wildman–Crippen MR) is 74.7 cm³/mol. The number of fused-ring (bicyclic) bond motifs is 1. The van der Waals surface area contributed by atoms with E-state index in [1.54, 1.807) is 25.1 Å². The normalized spacial score (nSPS) is 16.5. The Kier molecular flexibility index (Phi) is 5.14. The zero-order valence-corrected chi connectivity index (χ0v) is 11.3. The molecule has 1 atom stereocenters. The molecule has 6 nitrogen and oxygen atoms in total. The van der Waals surface area contributed by atoms with Crippen LogP contribution in [0, 0.1) is 0 Å². The second-order valence-electron chi connectivity index (χ2n) is 4.05. The minimum atomic E-state index is -0.504. The van der Waals surface area contributed by atoms with E-state index in [0.717, 1.165) is 0 Å². The van der Waals surface area contributed by atoms with Crippen LogP contribution in [0.1, 0.15) is 13.3 Å². The Morgan fingerprint density at radius 1 is 1.53 bits per heavy atom. The molecule has 0 aliphatic carbocycles. The predicted octanol–water partition coefficient (Wildman–Crippen LogP) is 1.12. The second-order valence-corrected chi connectivity index (χ2v) is 4.05. The van der Waals surface area contributed by atoms with Gasteiger partial charge in [-0.25, -0.2) is 0 Å². The third kappa shape index (κ3) is 3.59. The summed E-state index contributed by atoms with van der Waals surface area (Å²) in [7, 11) is 0. The fourth-order valence-corrected chi connectivity index (χ4v) is 1.64. The van der Waals surface area contributed by atoms with Crippen molar-refractivity contribution in [1.82, 2.24) is 0 Å². The van der Waals surface area contributed by atoms with Gasteiger partial charge in [0.15, 0.2) is 6.10 Å². The molecule has 7 heteroatoms. The van der Waals surface area contributed by atoms with Crippen LogP contribution in [-0.4, -0.2) is 24.5 Å². The van der Waals surface area contributed by atoms with Gasteiger partial charge in [0.2, 0.25) is 5.91 Å². The third-order valence-electron chi connectivity index (χ3n) is 2.57. The van der Waals surface area contributed by atoms with E-state index >= 15 is 0 Å². The van der Waals surface area contributed by atoms with E-state index in [1.807, 2.05) is 0 Å². The van der Waals surface area contributed by atoms with E-state index in [1.165, 1.54) is 0 Å². The van der Waals surface area contributed by atoms with Crippen LogP contribution in [0.25, 0.3) is 0 Å². The first-order valence-electron chi connectivity index (χ1n) is 5.71. The molecule has 1 aliphatic rings. The quantitative estimate of drug-likeness (QED) is 0.776. The number of halogens is 1. The number of rotatable bonds is 3. The molecule has 0 saturated heterocycles. The summed E-state index contributed by atoms with van der Waals surface area (Å²) in [4.78, 5) is 22.8. The van der Waals surface area contributed by atoms with Gasteiger partial charge >= 0.3 is 0 Å². The molecule has 1 aromatic carbocycles. The Hall–Kier alpha value is -1.79. The first kappa shape index (κ1) is 15.3. The van der Waals surface area contributed by atoms with Crippen LogP contribution in [0.2, 0.25) is 0 Å². The lowest BCUT2D eigenvalue weighted by Gasteiger charge is -2.23. The first-order chi connectivity index (χ1) is 8.60. The summed E-state index contributed by atoms with van der Waals surface area (Å²) in [6.07, 6.45) is -0.244. The minimum absolute atomic E-state index is 0. The number of benzene rings is 1. The molecule has 0 aromatic heterocycles. The maximum Gasteiger partial charge on any atom is 0.265 e. The van der Waals surface area contributed by atoms with Crippen LogP contribution >= 0.6 is 12.4 Å². The fourth-order valence-electron chi connectivity index (χ4n) is 1.64. The molecule has 19 heavy (non-hydrogen) atoms. The number of amides is 2. The van der Waals surface area contributed by atoms with Gasteiger partial charge in [0.1, 0.15) is 5.75 Å². The number of ether oxygens (including phenoxy) is 1. The Morgan fingerprint density at radius 2 is 2.26 bits per heavy atom. The van der Waals surface area contributed by atoms with Crippen molar-refractivity contribution in [3.8, 4) is 5.75 Å². The van der Waals surface area contributed by atoms with E-state index in [0.29, 0.717) is 23.7 Å². The van der Waals surface area contributed by atoms with Crippen molar-refractivity contribution < 1.29 is 14.3 Å². The van der Waals surface area contributed by atoms with Crippen LogP contribution in [0.3, 0.4) is 0 Å². The van der Waals surface area contributed by atoms with Crippen LogP contribution in [0.5, 0.6) is 5.75 Å². The number of nitrogens with two attached hydrogens (primary N) is 1. The molecule has 1 unspecified atom stereocenters. The molecule has 4 N–H and O–H groups in total. The number of hydrogen-bond acceptors (Lipinski definition) is 4. The van der Waals surface area contributed by atoms with Gasteiger partial charge in [-0.1, -0.05) is 0 Å². The molecule has 1 aromatic rings. The largest absolute Gasteiger partial charge is 0.479 e. The highest BCUT2D eigenvalue weighted by Gasteiger charge is 2.23. The molecule has 0 bridgehead atoms. The number of carbonyl (C=O) groups excluding carboxylic acids is 2. The molecule has 0 saturated carbocycles. The van der Waals surface area contributed by atoms with Gasteiger partial charge in [-0.15, -0.1) is 12.4 Å². The summed E-state index contributed by atoms with van der Waals surface area (Å²) < 4.78 is 5.41. The number of hydrogen-bond donors (Lipinski definition) is 3. The van der Waals surface area contributed by atoms with Crippen LogP contribution in [0.15, 0.2) is 18.2 Å². The van der Waals surface area contributed by atoms with Gasteiger partial charge < -0.3 is 21.1 Å². The SMILES string of the molecule is CC1Oc2ccc(NC(=O)CCN)cc2NC1=O.Cl. The molecule has 0 radical (unpaired) electrons. The van der Waals surface area contributed by atoms with Gasteiger partial charge in [0, 0.05) is 18.7 Å². The van der Waals surface area contributed by atoms with E-state index in [-0.39, 0.29) is 30.6 Å². The van der Waals surface area contributed by atoms with Gasteiger partial charge in [-0.05, 0) is 25.1 Å². The van der Waals surface area contributed by atoms with Gasteiger partial charge in [-0.2, -0.15) is 0 Å². The topological polar surface area (TPSA) is 93.4 Å². The molecule has 104 valence electrons. The Morgan fingerprint density at radius 3 is 2.95 bits per heavy atom. The minimum Gasteiger partial charge on any atom is -0.479 e. The average Bonchev–Trinajstić information content (AvgIpc) is 2.31. The third-order valence-corrected chi connectivity index (χ3v) is 2.57. The summed E-state index contributed by atoms with van der Waals surface area (Å²) in [6.45, 7) is 1.98. The summed E-state index contributed by atoms with van der Waals surface area (Å²) in [6, 6.07) is 5.09.